The van der Waals surface area contributed by atoms with Crippen LogP contribution in [-0.4, -0.2) is 33.2 Å². The number of aliphatic carboxylic acids is 3. The fourth-order valence-corrected chi connectivity index (χ4v) is 1.89. The topological polar surface area (TPSA) is 112 Å². The molecule has 1 aliphatic rings. The standard InChI is InChI=1S/C9H10O4.C7H14O2/c1-9(8(12)13)4-2-3-6(5-9)7(10)11;1-2-3-4-5-6-7(8)9/h2-4H,5H2,1H3,(H,10,11)(H,12,13);2-6H2,1H3,(H,8,9). The van der Waals surface area contributed by atoms with Crippen LogP contribution < -0.4 is 0 Å². The normalized spacial score (nSPS) is 19.6. The van der Waals surface area contributed by atoms with Gasteiger partial charge in [-0.15, -0.1) is 0 Å². The molecule has 0 aromatic rings. The molecule has 0 aromatic carbocycles. The van der Waals surface area contributed by atoms with Gasteiger partial charge in [0, 0.05) is 12.0 Å². The maximum absolute atomic E-state index is 10.8. The van der Waals surface area contributed by atoms with Gasteiger partial charge in [0.2, 0.25) is 0 Å². The van der Waals surface area contributed by atoms with Crippen LogP contribution in [0.3, 0.4) is 0 Å². The summed E-state index contributed by atoms with van der Waals surface area (Å²) in [6.07, 6.45) is 8.99. The summed E-state index contributed by atoms with van der Waals surface area (Å²) in [5, 5.41) is 25.7. The van der Waals surface area contributed by atoms with E-state index in [-0.39, 0.29) is 12.0 Å². The summed E-state index contributed by atoms with van der Waals surface area (Å²) in [5.74, 6) is -2.74. The number of unbranched alkanes of at least 4 members (excludes halogenated alkanes) is 3. The van der Waals surface area contributed by atoms with Gasteiger partial charge in [-0.05, 0) is 19.8 Å². The Kier molecular flexibility index (Phi) is 8.82. The Bertz CT molecular complexity index is 463. The highest BCUT2D eigenvalue weighted by Crippen LogP contribution is 2.31. The Morgan fingerprint density at radius 1 is 1.14 bits per heavy atom. The number of carboxylic acid groups (broad SMARTS) is 3. The van der Waals surface area contributed by atoms with Crippen molar-refractivity contribution < 1.29 is 29.7 Å². The van der Waals surface area contributed by atoms with Crippen molar-refractivity contribution in [2.75, 3.05) is 0 Å². The molecule has 1 unspecified atom stereocenters. The molecule has 0 amide bonds. The molecular formula is C16H24O6. The summed E-state index contributed by atoms with van der Waals surface area (Å²) in [7, 11) is 0. The van der Waals surface area contributed by atoms with Gasteiger partial charge < -0.3 is 15.3 Å². The van der Waals surface area contributed by atoms with E-state index in [1.165, 1.54) is 31.6 Å². The average Bonchev–Trinajstić information content (AvgIpc) is 2.44. The lowest BCUT2D eigenvalue weighted by Gasteiger charge is -2.23. The van der Waals surface area contributed by atoms with Gasteiger partial charge in [-0.2, -0.15) is 0 Å². The van der Waals surface area contributed by atoms with Gasteiger partial charge in [-0.25, -0.2) is 4.79 Å². The number of allylic oxidation sites excluding steroid dienone is 2. The zero-order valence-corrected chi connectivity index (χ0v) is 13.0. The minimum absolute atomic E-state index is 0.0359. The predicted octanol–water partition coefficient (Wildman–Crippen LogP) is 3.09. The summed E-state index contributed by atoms with van der Waals surface area (Å²) >= 11 is 0. The zero-order valence-electron chi connectivity index (χ0n) is 13.0. The molecule has 0 heterocycles. The summed E-state index contributed by atoms with van der Waals surface area (Å²) in [5.41, 5.74) is -0.949. The Morgan fingerprint density at radius 3 is 2.23 bits per heavy atom. The van der Waals surface area contributed by atoms with Crippen molar-refractivity contribution in [3.05, 3.63) is 23.8 Å². The van der Waals surface area contributed by atoms with Gasteiger partial charge in [0.15, 0.2) is 0 Å². The maximum Gasteiger partial charge on any atom is 0.331 e. The Morgan fingerprint density at radius 2 is 1.77 bits per heavy atom. The van der Waals surface area contributed by atoms with E-state index in [1.807, 2.05) is 0 Å². The number of hydrogen-bond donors (Lipinski definition) is 3. The fraction of sp³-hybridized carbons (Fsp3) is 0.562. The summed E-state index contributed by atoms with van der Waals surface area (Å²) < 4.78 is 0. The van der Waals surface area contributed by atoms with Gasteiger partial charge in [-0.3, -0.25) is 9.59 Å². The minimum atomic E-state index is -1.08. The third-order valence-corrected chi connectivity index (χ3v) is 3.33. The number of rotatable bonds is 7. The number of carboxylic acids is 3. The molecule has 1 rings (SSSR count). The molecule has 0 radical (unpaired) electrons. The smallest absolute Gasteiger partial charge is 0.331 e. The van der Waals surface area contributed by atoms with Crippen LogP contribution in [0.1, 0.15) is 52.4 Å². The fourth-order valence-electron chi connectivity index (χ4n) is 1.89. The van der Waals surface area contributed by atoms with Crippen LogP contribution in [-0.2, 0) is 14.4 Å². The van der Waals surface area contributed by atoms with Crippen LogP contribution >= 0.6 is 0 Å². The summed E-state index contributed by atoms with van der Waals surface area (Å²) in [4.78, 5) is 31.3. The molecule has 6 heteroatoms. The Balaban J connectivity index is 0.000000433. The molecule has 0 aliphatic heterocycles. The largest absolute Gasteiger partial charge is 0.481 e. The first kappa shape index (κ1) is 19.9. The molecule has 22 heavy (non-hydrogen) atoms. The van der Waals surface area contributed by atoms with Crippen molar-refractivity contribution in [1.82, 2.24) is 0 Å². The van der Waals surface area contributed by atoms with Gasteiger partial charge in [0.1, 0.15) is 0 Å². The van der Waals surface area contributed by atoms with Crippen molar-refractivity contribution in [3.63, 3.8) is 0 Å². The third-order valence-electron chi connectivity index (χ3n) is 3.33. The Hall–Kier alpha value is -2.11. The first-order chi connectivity index (χ1) is 10.2. The predicted molar refractivity (Wildman–Crippen MR) is 81.6 cm³/mol. The van der Waals surface area contributed by atoms with Crippen LogP contribution in [0, 0.1) is 5.41 Å². The van der Waals surface area contributed by atoms with Crippen molar-refractivity contribution in [3.8, 4) is 0 Å². The van der Waals surface area contributed by atoms with Crippen molar-refractivity contribution in [1.29, 1.82) is 0 Å². The van der Waals surface area contributed by atoms with E-state index in [9.17, 15) is 14.4 Å². The average molecular weight is 312 g/mol. The van der Waals surface area contributed by atoms with Crippen molar-refractivity contribution in [2.45, 2.75) is 52.4 Å². The van der Waals surface area contributed by atoms with Crippen LogP contribution in [0.4, 0.5) is 0 Å². The lowest BCUT2D eigenvalue weighted by Crippen LogP contribution is -2.28. The van der Waals surface area contributed by atoms with Crippen LogP contribution in [0.2, 0.25) is 0 Å². The lowest BCUT2D eigenvalue weighted by atomic mass is 9.80. The van der Waals surface area contributed by atoms with Gasteiger partial charge >= 0.3 is 17.9 Å². The van der Waals surface area contributed by atoms with Gasteiger partial charge in [0.05, 0.1) is 5.41 Å². The van der Waals surface area contributed by atoms with E-state index in [0.717, 1.165) is 19.3 Å². The lowest BCUT2D eigenvalue weighted by molar-refractivity contribution is -0.145. The molecular weight excluding hydrogens is 288 g/mol. The summed E-state index contributed by atoms with van der Waals surface area (Å²) in [6, 6.07) is 0. The zero-order chi connectivity index (χ0) is 17.2. The molecule has 1 aliphatic carbocycles. The third kappa shape index (κ3) is 7.61. The van der Waals surface area contributed by atoms with E-state index < -0.39 is 23.3 Å². The van der Waals surface area contributed by atoms with E-state index in [1.54, 1.807) is 0 Å². The van der Waals surface area contributed by atoms with Gasteiger partial charge in [-0.1, -0.05) is 44.4 Å². The first-order valence-electron chi connectivity index (χ1n) is 7.29. The molecule has 3 N–H and O–H groups in total. The quantitative estimate of drug-likeness (QED) is 0.623. The van der Waals surface area contributed by atoms with Crippen LogP contribution in [0.5, 0.6) is 0 Å². The highest BCUT2D eigenvalue weighted by Gasteiger charge is 2.34. The van der Waals surface area contributed by atoms with Crippen LogP contribution in [0.15, 0.2) is 23.8 Å². The highest BCUT2D eigenvalue weighted by atomic mass is 16.4. The molecule has 124 valence electrons. The SMILES string of the molecule is CC1(C(=O)O)C=CC=C(C(=O)O)C1.CCCCCCC(=O)O. The Labute approximate surface area is 130 Å². The minimum Gasteiger partial charge on any atom is -0.481 e. The second kappa shape index (κ2) is 9.76. The second-order valence-electron chi connectivity index (χ2n) is 5.46. The van der Waals surface area contributed by atoms with E-state index >= 15 is 0 Å². The molecule has 6 nitrogen and oxygen atoms in total. The highest BCUT2D eigenvalue weighted by molar-refractivity contribution is 5.90. The molecule has 0 bridgehead atoms. The van der Waals surface area contributed by atoms with E-state index in [0.29, 0.717) is 6.42 Å². The molecule has 0 aromatic heterocycles. The first-order valence-corrected chi connectivity index (χ1v) is 7.29. The molecule has 0 spiro atoms. The molecule has 0 saturated heterocycles. The van der Waals surface area contributed by atoms with E-state index in [2.05, 4.69) is 6.92 Å². The maximum atomic E-state index is 10.8. The molecule has 0 fully saturated rings. The van der Waals surface area contributed by atoms with Crippen molar-refractivity contribution >= 4 is 17.9 Å². The van der Waals surface area contributed by atoms with E-state index in [4.69, 9.17) is 15.3 Å². The second-order valence-corrected chi connectivity index (χ2v) is 5.46. The molecule has 0 saturated carbocycles. The molecule has 1 atom stereocenters. The van der Waals surface area contributed by atoms with Crippen LogP contribution in [0.25, 0.3) is 0 Å². The number of hydrogen-bond acceptors (Lipinski definition) is 3. The summed E-state index contributed by atoms with van der Waals surface area (Å²) in [6.45, 7) is 3.61. The number of carbonyl (C=O) groups is 3. The monoisotopic (exact) mass is 312 g/mol. The van der Waals surface area contributed by atoms with Crippen molar-refractivity contribution in [2.24, 2.45) is 5.41 Å². The van der Waals surface area contributed by atoms with Gasteiger partial charge in [0.25, 0.3) is 0 Å².